The molecule has 0 bridgehead atoms. The van der Waals surface area contributed by atoms with Gasteiger partial charge in [0.2, 0.25) is 0 Å². The summed E-state index contributed by atoms with van der Waals surface area (Å²) in [5.74, 6) is -0.255. The molecule has 0 fully saturated rings. The fourth-order valence-electron chi connectivity index (χ4n) is 1.45. The molecule has 0 saturated carbocycles. The van der Waals surface area contributed by atoms with Crippen LogP contribution < -0.4 is 10.9 Å². The zero-order valence-electron chi connectivity index (χ0n) is 9.51. The van der Waals surface area contributed by atoms with Crippen molar-refractivity contribution in [3.05, 3.63) is 40.2 Å². The van der Waals surface area contributed by atoms with Crippen LogP contribution in [0.5, 0.6) is 5.75 Å². The number of carbonyl (C=O) groups is 1. The molecule has 6 nitrogen and oxygen atoms in total. The van der Waals surface area contributed by atoms with Gasteiger partial charge in [-0.2, -0.15) is 0 Å². The predicted molar refractivity (Wildman–Crippen MR) is 66.2 cm³/mol. The third-order valence-corrected chi connectivity index (χ3v) is 2.34. The number of benzene rings is 1. The number of fused-ring (bicyclic) bond motifs is 1. The Kier molecular flexibility index (Phi) is 3.09. The lowest BCUT2D eigenvalue weighted by Gasteiger charge is -2.01. The van der Waals surface area contributed by atoms with E-state index in [4.69, 9.17) is 4.42 Å². The standard InChI is InChI=1S/C12H10N2O4/c1-13-12(17)14-6-8-10(15)7-4-2-3-5-9(7)18-11(8)16/h2-6,15H,1H3,(H,13,17)/b14-6+. The number of rotatable bonds is 1. The van der Waals surface area contributed by atoms with E-state index >= 15 is 0 Å². The van der Waals surface area contributed by atoms with Gasteiger partial charge in [-0.3, -0.25) is 0 Å². The van der Waals surface area contributed by atoms with Crippen LogP contribution in [0, 0.1) is 0 Å². The zero-order valence-corrected chi connectivity index (χ0v) is 9.51. The van der Waals surface area contributed by atoms with Gasteiger partial charge in [-0.15, -0.1) is 0 Å². The van der Waals surface area contributed by atoms with Crippen LogP contribution in [-0.2, 0) is 0 Å². The third-order valence-electron chi connectivity index (χ3n) is 2.34. The lowest BCUT2D eigenvalue weighted by atomic mass is 10.1. The van der Waals surface area contributed by atoms with Crippen molar-refractivity contribution >= 4 is 23.2 Å². The summed E-state index contributed by atoms with van der Waals surface area (Å²) < 4.78 is 5.00. The quantitative estimate of drug-likeness (QED) is 0.585. The highest BCUT2D eigenvalue weighted by atomic mass is 16.4. The zero-order chi connectivity index (χ0) is 13.1. The molecule has 0 radical (unpaired) electrons. The van der Waals surface area contributed by atoms with E-state index < -0.39 is 11.7 Å². The molecule has 1 aromatic carbocycles. The Morgan fingerprint density at radius 2 is 2.17 bits per heavy atom. The minimum atomic E-state index is -0.751. The Hall–Kier alpha value is -2.63. The molecular weight excluding hydrogens is 236 g/mol. The number of para-hydroxylation sites is 1. The Morgan fingerprint density at radius 1 is 1.44 bits per heavy atom. The first-order chi connectivity index (χ1) is 8.63. The second kappa shape index (κ2) is 4.70. The van der Waals surface area contributed by atoms with Gasteiger partial charge in [-0.1, -0.05) is 12.1 Å². The molecule has 1 aromatic heterocycles. The summed E-state index contributed by atoms with van der Waals surface area (Å²) in [4.78, 5) is 26.0. The molecule has 0 aliphatic heterocycles. The molecule has 2 N–H and O–H groups in total. The SMILES string of the molecule is CNC(=O)/N=C/c1c(O)c2ccccc2oc1=O. The van der Waals surface area contributed by atoms with Crippen LogP contribution in [0.25, 0.3) is 11.0 Å². The molecule has 2 aromatic rings. The molecule has 0 aliphatic carbocycles. The molecule has 0 aliphatic rings. The normalized spacial score (nSPS) is 10.9. The van der Waals surface area contributed by atoms with E-state index in [9.17, 15) is 14.7 Å². The van der Waals surface area contributed by atoms with Gasteiger partial charge in [0.25, 0.3) is 0 Å². The van der Waals surface area contributed by atoms with E-state index in [-0.39, 0.29) is 16.9 Å². The molecule has 0 spiro atoms. The molecule has 0 atom stereocenters. The number of aliphatic imine (C=N–C) groups is 1. The molecule has 2 amide bonds. The first-order valence-electron chi connectivity index (χ1n) is 5.14. The van der Waals surface area contributed by atoms with Crippen molar-refractivity contribution < 1.29 is 14.3 Å². The van der Waals surface area contributed by atoms with Gasteiger partial charge in [0.1, 0.15) is 16.9 Å². The van der Waals surface area contributed by atoms with Crippen LogP contribution in [-0.4, -0.2) is 24.4 Å². The average Bonchev–Trinajstić information content (AvgIpc) is 2.38. The maximum Gasteiger partial charge on any atom is 0.348 e. The Balaban J connectivity index is 2.61. The lowest BCUT2D eigenvalue weighted by Crippen LogP contribution is -2.14. The Labute approximate surface area is 102 Å². The van der Waals surface area contributed by atoms with E-state index in [1.165, 1.54) is 7.05 Å². The summed E-state index contributed by atoms with van der Waals surface area (Å²) in [6.45, 7) is 0. The summed E-state index contributed by atoms with van der Waals surface area (Å²) in [7, 11) is 1.41. The molecular formula is C12H10N2O4. The van der Waals surface area contributed by atoms with Crippen molar-refractivity contribution in [2.24, 2.45) is 4.99 Å². The highest BCUT2D eigenvalue weighted by Gasteiger charge is 2.11. The van der Waals surface area contributed by atoms with Crippen LogP contribution in [0.1, 0.15) is 5.56 Å². The number of nitrogens with one attached hydrogen (secondary N) is 1. The molecule has 2 rings (SSSR count). The van der Waals surface area contributed by atoms with Crippen molar-refractivity contribution in [1.29, 1.82) is 0 Å². The summed E-state index contributed by atoms with van der Waals surface area (Å²) in [5, 5.41) is 12.6. The molecule has 1 heterocycles. The highest BCUT2D eigenvalue weighted by Crippen LogP contribution is 2.24. The molecule has 0 unspecified atom stereocenters. The molecule has 6 heteroatoms. The Bertz CT molecular complexity index is 688. The lowest BCUT2D eigenvalue weighted by molar-refractivity contribution is 0.251. The van der Waals surface area contributed by atoms with Gasteiger partial charge in [0.05, 0.1) is 11.6 Å². The largest absolute Gasteiger partial charge is 0.506 e. The van der Waals surface area contributed by atoms with E-state index in [1.807, 2.05) is 0 Å². The number of amides is 2. The predicted octanol–water partition coefficient (Wildman–Crippen LogP) is 1.26. The topological polar surface area (TPSA) is 91.9 Å². The molecule has 92 valence electrons. The summed E-state index contributed by atoms with van der Waals surface area (Å²) >= 11 is 0. The van der Waals surface area contributed by atoms with Gasteiger partial charge < -0.3 is 14.8 Å². The van der Waals surface area contributed by atoms with Crippen molar-refractivity contribution in [2.75, 3.05) is 7.05 Å². The molecule has 18 heavy (non-hydrogen) atoms. The average molecular weight is 246 g/mol. The Morgan fingerprint density at radius 3 is 2.89 bits per heavy atom. The highest BCUT2D eigenvalue weighted by molar-refractivity contribution is 5.97. The van der Waals surface area contributed by atoms with Crippen molar-refractivity contribution in [3.8, 4) is 5.75 Å². The number of urea groups is 1. The number of nitrogens with zero attached hydrogens (tertiary/aromatic N) is 1. The third kappa shape index (κ3) is 2.08. The van der Waals surface area contributed by atoms with Crippen molar-refractivity contribution in [1.82, 2.24) is 5.32 Å². The van der Waals surface area contributed by atoms with Crippen molar-refractivity contribution in [2.45, 2.75) is 0 Å². The first-order valence-corrected chi connectivity index (χ1v) is 5.14. The summed E-state index contributed by atoms with van der Waals surface area (Å²) in [6.07, 6.45) is 0.979. The van der Waals surface area contributed by atoms with Gasteiger partial charge in [-0.25, -0.2) is 14.6 Å². The van der Waals surface area contributed by atoms with Gasteiger partial charge >= 0.3 is 11.7 Å². The van der Waals surface area contributed by atoms with Crippen LogP contribution in [0.2, 0.25) is 0 Å². The van der Waals surface area contributed by atoms with Gasteiger partial charge in [0, 0.05) is 7.05 Å². The van der Waals surface area contributed by atoms with Crippen LogP contribution in [0.4, 0.5) is 4.79 Å². The fourth-order valence-corrected chi connectivity index (χ4v) is 1.45. The van der Waals surface area contributed by atoms with Crippen LogP contribution in [0.15, 0.2) is 38.5 Å². The van der Waals surface area contributed by atoms with Crippen LogP contribution >= 0.6 is 0 Å². The van der Waals surface area contributed by atoms with E-state index in [1.54, 1.807) is 24.3 Å². The summed E-state index contributed by atoms with van der Waals surface area (Å²) in [5.41, 5.74) is -0.631. The maximum absolute atomic E-state index is 11.6. The summed E-state index contributed by atoms with van der Waals surface area (Å²) in [6, 6.07) is 5.92. The van der Waals surface area contributed by atoms with Crippen LogP contribution in [0.3, 0.4) is 0 Å². The maximum atomic E-state index is 11.6. The minimum Gasteiger partial charge on any atom is -0.506 e. The smallest absolute Gasteiger partial charge is 0.348 e. The van der Waals surface area contributed by atoms with E-state index in [0.29, 0.717) is 5.39 Å². The second-order valence-electron chi connectivity index (χ2n) is 3.46. The minimum absolute atomic E-state index is 0.155. The number of aromatic hydroxyl groups is 1. The van der Waals surface area contributed by atoms with E-state index in [0.717, 1.165) is 6.21 Å². The van der Waals surface area contributed by atoms with Gasteiger partial charge in [-0.05, 0) is 12.1 Å². The molecule has 0 saturated heterocycles. The van der Waals surface area contributed by atoms with E-state index in [2.05, 4.69) is 10.3 Å². The second-order valence-corrected chi connectivity index (χ2v) is 3.46. The fraction of sp³-hybridized carbons (Fsp3) is 0.0833. The number of hydrogen-bond acceptors (Lipinski definition) is 4. The number of carbonyl (C=O) groups excluding carboxylic acids is 1. The first kappa shape index (κ1) is 11.8. The number of hydrogen-bond donors (Lipinski definition) is 2. The van der Waals surface area contributed by atoms with Gasteiger partial charge in [0.15, 0.2) is 0 Å². The monoisotopic (exact) mass is 246 g/mol. The van der Waals surface area contributed by atoms with Crippen molar-refractivity contribution in [3.63, 3.8) is 0 Å².